The van der Waals surface area contributed by atoms with Crippen molar-refractivity contribution in [3.8, 4) is 0 Å². The number of H-pyrrole nitrogens is 1. The van der Waals surface area contributed by atoms with Crippen molar-refractivity contribution < 1.29 is 4.79 Å². The Kier molecular flexibility index (Phi) is 4.19. The van der Waals surface area contributed by atoms with Crippen molar-refractivity contribution in [1.82, 2.24) is 15.2 Å². The van der Waals surface area contributed by atoms with E-state index in [0.29, 0.717) is 22.6 Å². The average molecular weight is 314 g/mol. The minimum Gasteiger partial charge on any atom is -0.337 e. The van der Waals surface area contributed by atoms with E-state index < -0.39 is 0 Å². The fraction of sp³-hybridized carbons (Fsp3) is 0.500. The van der Waals surface area contributed by atoms with Crippen molar-refractivity contribution in [2.24, 2.45) is 0 Å². The van der Waals surface area contributed by atoms with Crippen LogP contribution in [-0.2, 0) is 0 Å². The van der Waals surface area contributed by atoms with E-state index in [1.165, 1.54) is 6.20 Å². The fourth-order valence-electron chi connectivity index (χ4n) is 2.16. The number of carbonyl (C=O) groups excluding carboxylic acids is 1. The summed E-state index contributed by atoms with van der Waals surface area (Å²) in [4.78, 5) is 27.9. The molecule has 1 saturated heterocycles. The molecule has 6 heteroatoms. The highest BCUT2D eigenvalue weighted by Crippen LogP contribution is 2.14. The molecule has 1 aliphatic rings. The Hall–Kier alpha value is -1.14. The molecule has 18 heavy (non-hydrogen) atoms. The molecule has 0 spiro atoms. The Morgan fingerprint density at radius 1 is 1.61 bits per heavy atom. The van der Waals surface area contributed by atoms with E-state index in [2.05, 4.69) is 26.2 Å². The number of piperidine rings is 1. The first-order valence-electron chi connectivity index (χ1n) is 5.96. The quantitative estimate of drug-likeness (QED) is 0.855. The van der Waals surface area contributed by atoms with Crippen LogP contribution in [0.25, 0.3) is 0 Å². The van der Waals surface area contributed by atoms with Gasteiger partial charge in [-0.25, -0.2) is 0 Å². The molecule has 1 aliphatic heterocycles. The lowest BCUT2D eigenvalue weighted by Gasteiger charge is -2.32. The number of nitrogens with one attached hydrogen (secondary N) is 2. The predicted octanol–water partition coefficient (Wildman–Crippen LogP) is 0.961. The van der Waals surface area contributed by atoms with Crippen LogP contribution in [0.4, 0.5) is 0 Å². The van der Waals surface area contributed by atoms with E-state index in [4.69, 9.17) is 0 Å². The summed E-state index contributed by atoms with van der Waals surface area (Å²) in [5.74, 6) is -0.0353. The maximum atomic E-state index is 12.3. The van der Waals surface area contributed by atoms with E-state index in [1.807, 2.05) is 11.9 Å². The van der Waals surface area contributed by atoms with Crippen LogP contribution < -0.4 is 10.9 Å². The molecule has 2 N–H and O–H groups in total. The first-order valence-corrected chi connectivity index (χ1v) is 6.76. The molecule has 0 unspecified atom stereocenters. The van der Waals surface area contributed by atoms with Crippen molar-refractivity contribution in [3.63, 3.8) is 0 Å². The molecule has 0 aromatic carbocycles. The average Bonchev–Trinajstić information content (AvgIpc) is 2.41. The van der Waals surface area contributed by atoms with Gasteiger partial charge in [0.15, 0.2) is 0 Å². The molecule has 1 aromatic heterocycles. The molecular weight excluding hydrogens is 298 g/mol. The second-order valence-corrected chi connectivity index (χ2v) is 5.30. The van der Waals surface area contributed by atoms with Crippen LogP contribution in [0.2, 0.25) is 0 Å². The van der Waals surface area contributed by atoms with Crippen LogP contribution in [-0.4, -0.2) is 42.0 Å². The number of likely N-dealkylation sites (N-methyl/N-ethyl adjacent to an activating group) is 1. The number of pyridine rings is 1. The number of nitrogens with zero attached hydrogens (tertiary/aromatic N) is 1. The van der Waals surface area contributed by atoms with E-state index in [1.54, 1.807) is 6.07 Å². The number of aromatic amines is 1. The third-order valence-electron chi connectivity index (χ3n) is 3.22. The van der Waals surface area contributed by atoms with E-state index in [0.717, 1.165) is 19.4 Å². The van der Waals surface area contributed by atoms with Gasteiger partial charge in [-0.05, 0) is 41.9 Å². The van der Waals surface area contributed by atoms with Crippen molar-refractivity contribution >= 4 is 21.8 Å². The Balaban J connectivity index is 2.15. The van der Waals surface area contributed by atoms with E-state index >= 15 is 0 Å². The lowest BCUT2D eigenvalue weighted by Crippen LogP contribution is -2.47. The molecule has 5 nitrogen and oxygen atoms in total. The Morgan fingerprint density at radius 2 is 2.39 bits per heavy atom. The maximum Gasteiger partial charge on any atom is 0.262 e. The monoisotopic (exact) mass is 313 g/mol. The minimum absolute atomic E-state index is 0.0353. The predicted molar refractivity (Wildman–Crippen MR) is 72.7 cm³/mol. The van der Waals surface area contributed by atoms with Crippen LogP contribution in [0.5, 0.6) is 0 Å². The minimum atomic E-state index is -0.224. The first kappa shape index (κ1) is 13.3. The number of hydrogen-bond donors (Lipinski definition) is 2. The Morgan fingerprint density at radius 3 is 3.06 bits per heavy atom. The first-order chi connectivity index (χ1) is 8.61. The van der Waals surface area contributed by atoms with Crippen molar-refractivity contribution in [2.45, 2.75) is 18.9 Å². The lowest BCUT2D eigenvalue weighted by atomic mass is 10.1. The number of amides is 1. The summed E-state index contributed by atoms with van der Waals surface area (Å²) in [6.07, 6.45) is 3.57. The second kappa shape index (κ2) is 5.67. The summed E-state index contributed by atoms with van der Waals surface area (Å²) in [5, 5.41) is 3.20. The second-order valence-electron chi connectivity index (χ2n) is 4.44. The molecule has 0 saturated carbocycles. The number of rotatable bonds is 2. The number of carbonyl (C=O) groups is 1. The summed E-state index contributed by atoms with van der Waals surface area (Å²) < 4.78 is 0.385. The highest BCUT2D eigenvalue weighted by atomic mass is 79.9. The van der Waals surface area contributed by atoms with Crippen molar-refractivity contribution in [3.05, 3.63) is 32.7 Å². The van der Waals surface area contributed by atoms with Gasteiger partial charge in [0, 0.05) is 25.3 Å². The lowest BCUT2D eigenvalue weighted by molar-refractivity contribution is 0.0697. The molecule has 2 heterocycles. The normalized spacial score (nSPS) is 19.9. The van der Waals surface area contributed by atoms with Gasteiger partial charge in [-0.15, -0.1) is 0 Å². The summed E-state index contributed by atoms with van der Waals surface area (Å²) in [7, 11) is 1.91. The summed E-state index contributed by atoms with van der Waals surface area (Å²) in [5.41, 5.74) is 0.288. The van der Waals surface area contributed by atoms with Crippen LogP contribution >= 0.6 is 15.9 Å². The molecule has 1 atom stereocenters. The van der Waals surface area contributed by atoms with Gasteiger partial charge in [-0.2, -0.15) is 0 Å². The number of hydrogen-bond acceptors (Lipinski definition) is 3. The number of likely N-dealkylation sites (tertiary alicyclic amines) is 1. The molecule has 0 bridgehead atoms. The van der Waals surface area contributed by atoms with Crippen LogP contribution in [0.15, 0.2) is 21.5 Å². The molecule has 2 rings (SSSR count). The molecule has 0 aliphatic carbocycles. The van der Waals surface area contributed by atoms with Gasteiger partial charge in [-0.3, -0.25) is 9.59 Å². The summed E-state index contributed by atoms with van der Waals surface area (Å²) in [6, 6.07) is 1.93. The van der Waals surface area contributed by atoms with Crippen LogP contribution in [0.1, 0.15) is 23.2 Å². The summed E-state index contributed by atoms with van der Waals surface area (Å²) in [6.45, 7) is 1.49. The summed E-state index contributed by atoms with van der Waals surface area (Å²) >= 11 is 3.14. The van der Waals surface area contributed by atoms with Gasteiger partial charge in [0.05, 0.1) is 10.0 Å². The number of halogens is 1. The molecule has 1 aromatic rings. The maximum absolute atomic E-state index is 12.3. The molecule has 0 radical (unpaired) electrons. The zero-order valence-corrected chi connectivity index (χ0v) is 11.8. The van der Waals surface area contributed by atoms with Gasteiger partial charge >= 0.3 is 0 Å². The highest BCUT2D eigenvalue weighted by molar-refractivity contribution is 9.10. The van der Waals surface area contributed by atoms with Crippen molar-refractivity contribution in [1.29, 1.82) is 0 Å². The van der Waals surface area contributed by atoms with E-state index in [9.17, 15) is 9.59 Å². The molecular formula is C12H16BrN3O2. The van der Waals surface area contributed by atoms with Gasteiger partial charge in [0.2, 0.25) is 0 Å². The SMILES string of the molecule is CN[C@@H]1CCCN(C(=O)c2c[nH]c(=O)c(Br)c2)C1. The Labute approximate surface area is 114 Å². The van der Waals surface area contributed by atoms with Gasteiger partial charge < -0.3 is 15.2 Å². The third-order valence-corrected chi connectivity index (χ3v) is 3.81. The topological polar surface area (TPSA) is 65.2 Å². The molecule has 1 fully saturated rings. The largest absolute Gasteiger partial charge is 0.337 e. The molecule has 98 valence electrons. The highest BCUT2D eigenvalue weighted by Gasteiger charge is 2.23. The standard InChI is InChI=1S/C12H16BrN3O2/c1-14-9-3-2-4-16(7-9)12(18)8-5-10(13)11(17)15-6-8/h5-6,9,14H,2-4,7H2,1H3,(H,15,17)/t9-/m1/s1. The van der Waals surface area contributed by atoms with Gasteiger partial charge in [0.25, 0.3) is 11.5 Å². The van der Waals surface area contributed by atoms with E-state index in [-0.39, 0.29) is 11.5 Å². The zero-order chi connectivity index (χ0) is 13.1. The van der Waals surface area contributed by atoms with Gasteiger partial charge in [-0.1, -0.05) is 0 Å². The Bertz CT molecular complexity index is 500. The van der Waals surface area contributed by atoms with Crippen molar-refractivity contribution in [2.75, 3.05) is 20.1 Å². The number of aromatic nitrogens is 1. The van der Waals surface area contributed by atoms with Crippen LogP contribution in [0.3, 0.4) is 0 Å². The molecule has 1 amide bonds. The third kappa shape index (κ3) is 2.81. The van der Waals surface area contributed by atoms with Gasteiger partial charge in [0.1, 0.15) is 0 Å². The van der Waals surface area contributed by atoms with Crippen LogP contribution in [0, 0.1) is 0 Å². The zero-order valence-electron chi connectivity index (χ0n) is 10.2. The fourth-order valence-corrected chi connectivity index (χ4v) is 2.52. The smallest absolute Gasteiger partial charge is 0.262 e.